The number of rotatable bonds is 11. The van der Waals surface area contributed by atoms with Gasteiger partial charge in [-0.15, -0.1) is 0 Å². The molecule has 2 amide bonds. The van der Waals surface area contributed by atoms with E-state index in [1.165, 1.54) is 0 Å². The normalized spacial score (nSPS) is 16.2. The van der Waals surface area contributed by atoms with Crippen molar-refractivity contribution in [3.63, 3.8) is 0 Å². The van der Waals surface area contributed by atoms with Crippen molar-refractivity contribution in [2.75, 3.05) is 13.2 Å². The van der Waals surface area contributed by atoms with Crippen molar-refractivity contribution in [2.24, 2.45) is 11.8 Å². The third-order valence-corrected chi connectivity index (χ3v) is 6.55. The monoisotopic (exact) mass is 486 g/mol. The summed E-state index contributed by atoms with van der Waals surface area (Å²) in [5, 5.41) is 13.6. The molecule has 0 bridgehead atoms. The maximum absolute atomic E-state index is 13.2. The lowest BCUT2D eigenvalue weighted by Gasteiger charge is -2.22. The number of ether oxygens (including phenoxy) is 1. The summed E-state index contributed by atoms with van der Waals surface area (Å²) in [4.78, 5) is 35.9. The number of hydrogen-bond donors (Lipinski definition) is 3. The predicted octanol–water partition coefficient (Wildman–Crippen LogP) is 4.17. The van der Waals surface area contributed by atoms with Crippen molar-refractivity contribution in [3.05, 3.63) is 59.7 Å². The number of benzene rings is 2. The summed E-state index contributed by atoms with van der Waals surface area (Å²) in [7, 11) is 0. The molecule has 1 saturated carbocycles. The predicted molar refractivity (Wildman–Crippen MR) is 124 cm³/mol. The Labute approximate surface area is 201 Å². The fourth-order valence-corrected chi connectivity index (χ4v) is 4.59. The molecule has 35 heavy (non-hydrogen) atoms. The van der Waals surface area contributed by atoms with Gasteiger partial charge < -0.3 is 20.5 Å². The topological polar surface area (TPSA) is 105 Å². The average molecular weight is 487 g/mol. The molecule has 9 heteroatoms. The number of halogens is 2. The lowest BCUT2D eigenvalue weighted by Crippen LogP contribution is -2.47. The molecular weight excluding hydrogens is 458 g/mol. The molecule has 4 rings (SSSR count). The van der Waals surface area contributed by atoms with E-state index < -0.39 is 42.8 Å². The number of carbonyl (C=O) groups is 3. The van der Waals surface area contributed by atoms with Crippen LogP contribution in [0.15, 0.2) is 48.5 Å². The summed E-state index contributed by atoms with van der Waals surface area (Å²) >= 11 is 0. The molecule has 0 radical (unpaired) electrons. The third-order valence-electron chi connectivity index (χ3n) is 6.55. The van der Waals surface area contributed by atoms with Gasteiger partial charge in [-0.2, -0.15) is 0 Å². The average Bonchev–Trinajstić information content (AvgIpc) is 3.60. The van der Waals surface area contributed by atoms with E-state index in [4.69, 9.17) is 9.84 Å². The first-order chi connectivity index (χ1) is 16.8. The van der Waals surface area contributed by atoms with Gasteiger partial charge in [0, 0.05) is 12.5 Å². The Morgan fingerprint density at radius 1 is 1.00 bits per heavy atom. The van der Waals surface area contributed by atoms with Crippen LogP contribution < -0.4 is 10.6 Å². The maximum Gasteiger partial charge on any atom is 0.407 e. The molecule has 2 unspecified atom stereocenters. The van der Waals surface area contributed by atoms with E-state index in [0.29, 0.717) is 12.3 Å². The van der Waals surface area contributed by atoms with Crippen molar-refractivity contribution in [1.29, 1.82) is 0 Å². The standard InChI is InChI=1S/C26H28F2N2O5/c27-24(28)22(12-23(31)32)30-25(33)16(11-15-9-10-15)13-29-26(34)35-14-21-19-7-3-1-5-17(19)18-6-2-4-8-20(18)21/h1-8,15-16,21-22,24H,9-14H2,(H,29,34)(H,30,33)(H,31,32). The molecule has 3 N–H and O–H groups in total. The number of carbonyl (C=O) groups excluding carboxylic acids is 2. The number of amides is 2. The van der Waals surface area contributed by atoms with Crippen LogP contribution in [-0.4, -0.2) is 48.7 Å². The quantitative estimate of drug-likeness (QED) is 0.442. The maximum atomic E-state index is 13.2. The number of alkyl halides is 2. The van der Waals surface area contributed by atoms with Crippen LogP contribution in [-0.2, 0) is 14.3 Å². The minimum Gasteiger partial charge on any atom is -0.481 e. The van der Waals surface area contributed by atoms with Gasteiger partial charge in [-0.05, 0) is 34.6 Å². The Kier molecular flexibility index (Phi) is 7.63. The van der Waals surface area contributed by atoms with Gasteiger partial charge in [0.1, 0.15) is 12.6 Å². The Hall–Kier alpha value is -3.49. The highest BCUT2D eigenvalue weighted by Crippen LogP contribution is 2.44. The van der Waals surface area contributed by atoms with Gasteiger partial charge in [0.05, 0.1) is 12.3 Å². The minimum absolute atomic E-state index is 0.0813. The van der Waals surface area contributed by atoms with E-state index >= 15 is 0 Å². The Morgan fingerprint density at radius 3 is 2.14 bits per heavy atom. The third kappa shape index (κ3) is 6.15. The van der Waals surface area contributed by atoms with Gasteiger partial charge in [-0.1, -0.05) is 61.4 Å². The minimum atomic E-state index is -3.01. The van der Waals surface area contributed by atoms with E-state index in [-0.39, 0.29) is 19.1 Å². The summed E-state index contributed by atoms with van der Waals surface area (Å²) < 4.78 is 31.8. The summed E-state index contributed by atoms with van der Waals surface area (Å²) in [5.74, 6) is -2.69. The first-order valence-corrected chi connectivity index (χ1v) is 11.7. The van der Waals surface area contributed by atoms with Gasteiger partial charge in [-0.3, -0.25) is 9.59 Å². The molecule has 2 aromatic rings. The zero-order chi connectivity index (χ0) is 24.9. The van der Waals surface area contributed by atoms with Crippen molar-refractivity contribution in [3.8, 4) is 11.1 Å². The Morgan fingerprint density at radius 2 is 1.60 bits per heavy atom. The zero-order valence-electron chi connectivity index (χ0n) is 19.1. The van der Waals surface area contributed by atoms with E-state index in [0.717, 1.165) is 35.1 Å². The molecule has 2 aromatic carbocycles. The number of nitrogens with one attached hydrogen (secondary N) is 2. The van der Waals surface area contributed by atoms with Crippen molar-refractivity contribution >= 4 is 18.0 Å². The molecule has 2 aliphatic rings. The summed E-state index contributed by atoms with van der Waals surface area (Å²) in [5.41, 5.74) is 4.36. The summed E-state index contributed by atoms with van der Waals surface area (Å²) in [6, 6.07) is 14.1. The van der Waals surface area contributed by atoms with Gasteiger partial charge in [0.25, 0.3) is 6.43 Å². The van der Waals surface area contributed by atoms with Gasteiger partial charge in [0.15, 0.2) is 0 Å². The lowest BCUT2D eigenvalue weighted by molar-refractivity contribution is -0.139. The SMILES string of the molecule is O=C(O)CC(NC(=O)C(CNC(=O)OCC1c2ccccc2-c2ccccc21)CC1CC1)C(F)F. The second-order valence-corrected chi connectivity index (χ2v) is 9.13. The van der Waals surface area contributed by atoms with Crippen LogP contribution in [0.25, 0.3) is 11.1 Å². The second-order valence-electron chi connectivity index (χ2n) is 9.13. The molecular formula is C26H28F2N2O5. The lowest BCUT2D eigenvalue weighted by atomic mass is 9.98. The smallest absolute Gasteiger partial charge is 0.407 e. The Balaban J connectivity index is 1.34. The van der Waals surface area contributed by atoms with E-state index in [2.05, 4.69) is 10.6 Å². The molecule has 186 valence electrons. The van der Waals surface area contributed by atoms with E-state index in [9.17, 15) is 23.2 Å². The molecule has 0 saturated heterocycles. The van der Waals surface area contributed by atoms with Crippen LogP contribution in [0, 0.1) is 11.8 Å². The molecule has 2 aliphatic carbocycles. The summed E-state index contributed by atoms with van der Waals surface area (Å²) in [6.45, 7) is 0.0352. The van der Waals surface area contributed by atoms with Gasteiger partial charge in [-0.25, -0.2) is 13.6 Å². The van der Waals surface area contributed by atoms with Crippen molar-refractivity contribution in [1.82, 2.24) is 10.6 Å². The fraction of sp³-hybridized carbons (Fsp3) is 0.423. The number of alkyl carbamates (subject to hydrolysis) is 1. The largest absolute Gasteiger partial charge is 0.481 e. The number of fused-ring (bicyclic) bond motifs is 3. The molecule has 0 heterocycles. The highest BCUT2D eigenvalue weighted by molar-refractivity contribution is 5.81. The van der Waals surface area contributed by atoms with Crippen molar-refractivity contribution < 1.29 is 33.0 Å². The fourth-order valence-electron chi connectivity index (χ4n) is 4.59. The number of hydrogen-bond acceptors (Lipinski definition) is 4. The number of carboxylic acids is 1. The molecule has 2 atom stereocenters. The second kappa shape index (κ2) is 10.8. The Bertz CT molecular complexity index is 1040. The zero-order valence-corrected chi connectivity index (χ0v) is 19.1. The molecule has 0 aliphatic heterocycles. The highest BCUT2D eigenvalue weighted by atomic mass is 19.3. The first kappa shape index (κ1) is 24.6. The first-order valence-electron chi connectivity index (χ1n) is 11.7. The van der Waals surface area contributed by atoms with Crippen LogP contribution in [0.4, 0.5) is 13.6 Å². The van der Waals surface area contributed by atoms with Gasteiger partial charge >= 0.3 is 12.1 Å². The molecule has 1 fully saturated rings. The van der Waals surface area contributed by atoms with Gasteiger partial charge in [0.2, 0.25) is 5.91 Å². The van der Waals surface area contributed by atoms with Crippen molar-refractivity contribution in [2.45, 2.75) is 44.1 Å². The van der Waals surface area contributed by atoms with Crippen LogP contribution in [0.2, 0.25) is 0 Å². The molecule has 0 spiro atoms. The van der Waals surface area contributed by atoms with E-state index in [1.54, 1.807) is 0 Å². The molecule has 0 aromatic heterocycles. The van der Waals surface area contributed by atoms with Crippen LogP contribution in [0.1, 0.15) is 42.7 Å². The number of carboxylic acid groups (broad SMARTS) is 1. The number of aliphatic carboxylic acids is 1. The van der Waals surface area contributed by atoms with E-state index in [1.807, 2.05) is 48.5 Å². The van der Waals surface area contributed by atoms with Crippen LogP contribution in [0.3, 0.4) is 0 Å². The highest BCUT2D eigenvalue weighted by Gasteiger charge is 2.33. The summed E-state index contributed by atoms with van der Waals surface area (Å²) in [6.07, 6.45) is -2.29. The molecule has 7 nitrogen and oxygen atoms in total. The van der Waals surface area contributed by atoms with Crippen LogP contribution >= 0.6 is 0 Å². The van der Waals surface area contributed by atoms with Crippen LogP contribution in [0.5, 0.6) is 0 Å².